The monoisotopic (exact) mass is 310 g/mol. The molecule has 1 heterocycles. The number of amides is 1. The summed E-state index contributed by atoms with van der Waals surface area (Å²) in [6, 6.07) is 10.3. The van der Waals surface area contributed by atoms with Gasteiger partial charge in [0.2, 0.25) is 5.95 Å². The largest absolute Gasteiger partial charge is 0.368 e. The summed E-state index contributed by atoms with van der Waals surface area (Å²) in [5.74, 6) is 0.175. The summed E-state index contributed by atoms with van der Waals surface area (Å²) in [5, 5.41) is 3.08. The number of nitrogens with one attached hydrogen (secondary N) is 1. The third-order valence-corrected chi connectivity index (χ3v) is 4.27. The first-order valence-electron chi connectivity index (χ1n) is 8.05. The average molecular weight is 310 g/mol. The van der Waals surface area contributed by atoms with E-state index in [1.54, 1.807) is 6.07 Å². The fourth-order valence-corrected chi connectivity index (χ4v) is 2.98. The summed E-state index contributed by atoms with van der Waals surface area (Å²) in [4.78, 5) is 20.8. The standard InChI is InChI=1S/C18H22N4O/c1-11(2)15-10-16(22-18(19)21-15)17(23)20-14-8-7-12-5-3-4-6-13(12)9-14/h3-6,10-11,14H,7-9H2,1-2H3,(H,20,23)(H2,19,21,22). The highest BCUT2D eigenvalue weighted by molar-refractivity contribution is 5.92. The number of carbonyl (C=O) groups is 1. The summed E-state index contributed by atoms with van der Waals surface area (Å²) in [7, 11) is 0. The molecule has 0 aliphatic heterocycles. The Morgan fingerprint density at radius 2 is 2.00 bits per heavy atom. The van der Waals surface area contributed by atoms with E-state index in [0.717, 1.165) is 25.0 Å². The van der Waals surface area contributed by atoms with E-state index < -0.39 is 0 Å². The number of hydrogen-bond donors (Lipinski definition) is 2. The number of nitrogens with two attached hydrogens (primary N) is 1. The lowest BCUT2D eigenvalue weighted by Crippen LogP contribution is -2.39. The van der Waals surface area contributed by atoms with Crippen LogP contribution in [0.5, 0.6) is 0 Å². The Hall–Kier alpha value is -2.43. The van der Waals surface area contributed by atoms with Crippen LogP contribution in [-0.4, -0.2) is 21.9 Å². The van der Waals surface area contributed by atoms with Gasteiger partial charge in [-0.05, 0) is 42.4 Å². The molecule has 0 bridgehead atoms. The van der Waals surface area contributed by atoms with Gasteiger partial charge in [-0.1, -0.05) is 38.1 Å². The Morgan fingerprint density at radius 1 is 1.26 bits per heavy atom. The predicted octanol–water partition coefficient (Wildman–Crippen LogP) is 2.47. The van der Waals surface area contributed by atoms with E-state index in [2.05, 4.69) is 33.5 Å². The van der Waals surface area contributed by atoms with Crippen LogP contribution < -0.4 is 11.1 Å². The molecule has 1 aliphatic rings. The highest BCUT2D eigenvalue weighted by atomic mass is 16.1. The van der Waals surface area contributed by atoms with Crippen LogP contribution in [0, 0.1) is 0 Å². The maximum absolute atomic E-state index is 12.5. The maximum Gasteiger partial charge on any atom is 0.270 e. The van der Waals surface area contributed by atoms with Gasteiger partial charge in [-0.2, -0.15) is 0 Å². The highest BCUT2D eigenvalue weighted by Gasteiger charge is 2.21. The fourth-order valence-electron chi connectivity index (χ4n) is 2.98. The molecule has 0 fully saturated rings. The van der Waals surface area contributed by atoms with E-state index in [1.807, 2.05) is 19.9 Å². The van der Waals surface area contributed by atoms with Gasteiger partial charge in [0.1, 0.15) is 5.69 Å². The first-order chi connectivity index (χ1) is 11.0. The van der Waals surface area contributed by atoms with Crippen molar-refractivity contribution >= 4 is 11.9 Å². The van der Waals surface area contributed by atoms with Crippen LogP contribution in [0.1, 0.15) is 53.5 Å². The van der Waals surface area contributed by atoms with Crippen LogP contribution in [0.2, 0.25) is 0 Å². The maximum atomic E-state index is 12.5. The lowest BCUT2D eigenvalue weighted by atomic mass is 9.88. The quantitative estimate of drug-likeness (QED) is 0.912. The van der Waals surface area contributed by atoms with E-state index in [-0.39, 0.29) is 23.8 Å². The molecular weight excluding hydrogens is 288 g/mol. The molecule has 1 aliphatic carbocycles. The Morgan fingerprint density at radius 3 is 2.74 bits per heavy atom. The lowest BCUT2D eigenvalue weighted by molar-refractivity contribution is 0.0928. The van der Waals surface area contributed by atoms with Crippen molar-refractivity contribution in [2.75, 3.05) is 5.73 Å². The van der Waals surface area contributed by atoms with E-state index in [9.17, 15) is 4.79 Å². The third-order valence-electron chi connectivity index (χ3n) is 4.27. The predicted molar refractivity (Wildman–Crippen MR) is 90.3 cm³/mol. The number of fused-ring (bicyclic) bond motifs is 1. The molecular formula is C18H22N4O. The Bertz CT molecular complexity index is 727. The molecule has 1 amide bonds. The zero-order chi connectivity index (χ0) is 16.4. The van der Waals surface area contributed by atoms with Gasteiger partial charge < -0.3 is 11.1 Å². The first kappa shape index (κ1) is 15.5. The first-order valence-corrected chi connectivity index (χ1v) is 8.05. The van der Waals surface area contributed by atoms with Crippen LogP contribution in [0.3, 0.4) is 0 Å². The molecule has 1 atom stereocenters. The third kappa shape index (κ3) is 3.50. The van der Waals surface area contributed by atoms with Crippen LogP contribution in [0.15, 0.2) is 30.3 Å². The van der Waals surface area contributed by atoms with Gasteiger partial charge in [0.15, 0.2) is 0 Å². The van der Waals surface area contributed by atoms with Gasteiger partial charge in [-0.15, -0.1) is 0 Å². The molecule has 1 aromatic carbocycles. The summed E-state index contributed by atoms with van der Waals surface area (Å²) < 4.78 is 0. The van der Waals surface area contributed by atoms with E-state index >= 15 is 0 Å². The van der Waals surface area contributed by atoms with Crippen LogP contribution >= 0.6 is 0 Å². The van der Waals surface area contributed by atoms with Crippen molar-refractivity contribution in [2.24, 2.45) is 0 Å². The minimum atomic E-state index is -0.176. The topological polar surface area (TPSA) is 80.9 Å². The molecule has 0 spiro atoms. The minimum Gasteiger partial charge on any atom is -0.368 e. The van der Waals surface area contributed by atoms with Gasteiger partial charge in [0, 0.05) is 11.7 Å². The molecule has 5 nitrogen and oxygen atoms in total. The summed E-state index contributed by atoms with van der Waals surface area (Å²) >= 11 is 0. The summed E-state index contributed by atoms with van der Waals surface area (Å²) in [6.07, 6.45) is 2.80. The van der Waals surface area contributed by atoms with Crippen LogP contribution in [-0.2, 0) is 12.8 Å². The molecule has 0 radical (unpaired) electrons. The van der Waals surface area contributed by atoms with Gasteiger partial charge in [0.05, 0.1) is 0 Å². The number of nitrogens with zero attached hydrogens (tertiary/aromatic N) is 2. The minimum absolute atomic E-state index is 0.135. The zero-order valence-electron chi connectivity index (χ0n) is 13.5. The van der Waals surface area contributed by atoms with E-state index in [0.29, 0.717) is 5.69 Å². The van der Waals surface area contributed by atoms with Crippen molar-refractivity contribution < 1.29 is 4.79 Å². The van der Waals surface area contributed by atoms with Crippen molar-refractivity contribution in [1.29, 1.82) is 0 Å². The fraction of sp³-hybridized carbons (Fsp3) is 0.389. The molecule has 3 N–H and O–H groups in total. The number of anilines is 1. The average Bonchev–Trinajstić information content (AvgIpc) is 2.54. The number of rotatable bonds is 3. The van der Waals surface area contributed by atoms with Crippen molar-refractivity contribution in [1.82, 2.24) is 15.3 Å². The molecule has 120 valence electrons. The zero-order valence-corrected chi connectivity index (χ0v) is 13.5. The number of aromatic nitrogens is 2. The van der Waals surface area contributed by atoms with Crippen molar-refractivity contribution in [3.05, 3.63) is 52.8 Å². The van der Waals surface area contributed by atoms with Crippen LogP contribution in [0.25, 0.3) is 0 Å². The van der Waals surface area contributed by atoms with Gasteiger partial charge in [-0.25, -0.2) is 9.97 Å². The number of aryl methyl sites for hydroxylation is 1. The molecule has 0 saturated carbocycles. The van der Waals surface area contributed by atoms with E-state index in [1.165, 1.54) is 11.1 Å². The molecule has 1 unspecified atom stereocenters. The normalized spacial score (nSPS) is 16.9. The molecule has 23 heavy (non-hydrogen) atoms. The van der Waals surface area contributed by atoms with Gasteiger partial charge in [-0.3, -0.25) is 4.79 Å². The van der Waals surface area contributed by atoms with Crippen molar-refractivity contribution in [2.45, 2.75) is 45.1 Å². The molecule has 3 rings (SSSR count). The Balaban J connectivity index is 1.73. The van der Waals surface area contributed by atoms with Crippen molar-refractivity contribution in [3.8, 4) is 0 Å². The number of hydrogen-bond acceptors (Lipinski definition) is 4. The molecule has 5 heteroatoms. The second-order valence-corrected chi connectivity index (χ2v) is 6.37. The summed E-state index contributed by atoms with van der Waals surface area (Å²) in [6.45, 7) is 4.03. The van der Waals surface area contributed by atoms with Gasteiger partial charge in [0.25, 0.3) is 5.91 Å². The Labute approximate surface area is 136 Å². The number of nitrogen functional groups attached to an aromatic ring is 1. The summed E-state index contributed by atoms with van der Waals surface area (Å²) in [5.41, 5.74) is 9.56. The van der Waals surface area contributed by atoms with Crippen molar-refractivity contribution in [3.63, 3.8) is 0 Å². The van der Waals surface area contributed by atoms with Gasteiger partial charge >= 0.3 is 0 Å². The smallest absolute Gasteiger partial charge is 0.270 e. The Kier molecular flexibility index (Phi) is 4.28. The second kappa shape index (κ2) is 6.36. The number of benzene rings is 1. The molecule has 2 aromatic rings. The SMILES string of the molecule is CC(C)c1cc(C(=O)NC2CCc3ccccc3C2)nc(N)n1. The molecule has 0 saturated heterocycles. The lowest BCUT2D eigenvalue weighted by Gasteiger charge is -2.25. The number of carbonyl (C=O) groups excluding carboxylic acids is 1. The molecule has 1 aromatic heterocycles. The van der Waals surface area contributed by atoms with Crippen LogP contribution in [0.4, 0.5) is 5.95 Å². The highest BCUT2D eigenvalue weighted by Crippen LogP contribution is 2.21. The van der Waals surface area contributed by atoms with E-state index in [4.69, 9.17) is 5.73 Å². The second-order valence-electron chi connectivity index (χ2n) is 6.37.